The molecule has 0 radical (unpaired) electrons. The van der Waals surface area contributed by atoms with Crippen LogP contribution in [-0.4, -0.2) is 26.7 Å². The van der Waals surface area contributed by atoms with Gasteiger partial charge in [-0.05, 0) is 56.4 Å². The van der Waals surface area contributed by atoms with Gasteiger partial charge in [0.05, 0.1) is 23.1 Å². The first-order chi connectivity index (χ1) is 9.37. The van der Waals surface area contributed by atoms with Gasteiger partial charge in [-0.15, -0.1) is 0 Å². The highest BCUT2D eigenvalue weighted by Gasteiger charge is 2.42. The summed E-state index contributed by atoms with van der Waals surface area (Å²) in [4.78, 5) is 0.182. The van der Waals surface area contributed by atoms with E-state index in [1.54, 1.807) is 13.8 Å². The van der Waals surface area contributed by atoms with Crippen molar-refractivity contribution >= 4 is 10.0 Å². The second kappa shape index (κ2) is 4.79. The second-order valence-electron chi connectivity index (χ2n) is 5.71. The molecule has 3 atom stereocenters. The smallest absolute Gasteiger partial charge is 0.241 e. The van der Waals surface area contributed by atoms with Gasteiger partial charge in [0.2, 0.25) is 10.0 Å². The molecule has 0 spiro atoms. The average molecular weight is 299 g/mol. The van der Waals surface area contributed by atoms with Crippen LogP contribution in [0.3, 0.4) is 0 Å². The average Bonchev–Trinajstić information content (AvgIpc) is 2.87. The lowest BCUT2D eigenvalue weighted by Crippen LogP contribution is -2.41. The Labute approximate surface area is 118 Å². The molecule has 3 rings (SSSR count). The van der Waals surface area contributed by atoms with Crippen LogP contribution in [0.15, 0.2) is 17.0 Å². The molecule has 1 N–H and O–H groups in total. The minimum atomic E-state index is -3.64. The lowest BCUT2D eigenvalue weighted by Gasteiger charge is -2.21. The van der Waals surface area contributed by atoms with Crippen LogP contribution in [0.2, 0.25) is 0 Å². The molecule has 4 nitrogen and oxygen atoms in total. The number of benzene rings is 1. The summed E-state index contributed by atoms with van der Waals surface area (Å²) in [5.41, 5.74) is 0.859. The van der Waals surface area contributed by atoms with E-state index in [4.69, 9.17) is 4.74 Å². The molecule has 2 heterocycles. The Balaban J connectivity index is 1.89. The quantitative estimate of drug-likeness (QED) is 0.929. The van der Waals surface area contributed by atoms with Crippen molar-refractivity contribution in [3.63, 3.8) is 0 Å². The van der Waals surface area contributed by atoms with E-state index in [-0.39, 0.29) is 23.1 Å². The third-order valence-corrected chi connectivity index (χ3v) is 5.90. The number of hydrogen-bond donors (Lipinski definition) is 1. The lowest BCUT2D eigenvalue weighted by molar-refractivity contribution is 0.0996. The van der Waals surface area contributed by atoms with Crippen LogP contribution >= 0.6 is 0 Å². The van der Waals surface area contributed by atoms with Crippen molar-refractivity contribution in [2.45, 2.75) is 56.3 Å². The number of fused-ring (bicyclic) bond motifs is 2. The van der Waals surface area contributed by atoms with E-state index in [0.29, 0.717) is 11.1 Å². The van der Waals surface area contributed by atoms with Gasteiger partial charge in [0.25, 0.3) is 0 Å². The topological polar surface area (TPSA) is 55.4 Å². The molecule has 1 aromatic carbocycles. The van der Waals surface area contributed by atoms with E-state index < -0.39 is 15.8 Å². The van der Waals surface area contributed by atoms with E-state index in [0.717, 1.165) is 19.3 Å². The molecule has 0 saturated carbocycles. The number of hydrogen-bond acceptors (Lipinski definition) is 3. The van der Waals surface area contributed by atoms with Gasteiger partial charge in [0, 0.05) is 0 Å². The maximum absolute atomic E-state index is 13.3. The molecule has 6 heteroatoms. The monoisotopic (exact) mass is 299 g/mol. The Kier molecular flexibility index (Phi) is 3.35. The predicted octanol–water partition coefficient (Wildman–Crippen LogP) is 2.04. The van der Waals surface area contributed by atoms with Crippen LogP contribution in [0.4, 0.5) is 4.39 Å². The van der Waals surface area contributed by atoms with Crippen molar-refractivity contribution in [2.75, 3.05) is 0 Å². The summed E-state index contributed by atoms with van der Waals surface area (Å²) >= 11 is 0. The van der Waals surface area contributed by atoms with Crippen LogP contribution in [0.1, 0.15) is 30.4 Å². The highest BCUT2D eigenvalue weighted by atomic mass is 32.2. The highest BCUT2D eigenvalue weighted by molar-refractivity contribution is 7.89. The van der Waals surface area contributed by atoms with Crippen LogP contribution in [0, 0.1) is 19.7 Å². The van der Waals surface area contributed by atoms with E-state index in [9.17, 15) is 12.8 Å². The summed E-state index contributed by atoms with van der Waals surface area (Å²) in [6.45, 7) is 3.23. The van der Waals surface area contributed by atoms with Gasteiger partial charge in [0.15, 0.2) is 0 Å². The molecule has 2 aliphatic rings. The summed E-state index contributed by atoms with van der Waals surface area (Å²) in [5.74, 6) is -0.415. The highest BCUT2D eigenvalue weighted by Crippen LogP contribution is 2.35. The third-order valence-electron chi connectivity index (χ3n) is 4.11. The number of ether oxygens (including phenoxy) is 1. The Hall–Kier alpha value is -0.980. The Morgan fingerprint density at radius 3 is 2.40 bits per heavy atom. The molecule has 2 bridgehead atoms. The molecule has 1 aromatic rings. The minimum absolute atomic E-state index is 0.0177. The zero-order valence-corrected chi connectivity index (χ0v) is 12.3. The fourth-order valence-corrected chi connectivity index (χ4v) is 5.07. The number of nitrogens with one attached hydrogen (secondary N) is 1. The summed E-state index contributed by atoms with van der Waals surface area (Å²) in [5, 5.41) is 0. The zero-order chi connectivity index (χ0) is 14.5. The Bertz CT molecular complexity index is 621. The SMILES string of the molecule is Cc1cc(F)cc(C)c1S(=O)(=O)NC1CC2CCC1O2. The van der Waals surface area contributed by atoms with Gasteiger partial charge in [-0.3, -0.25) is 0 Å². The number of rotatable bonds is 3. The van der Waals surface area contributed by atoms with Crippen LogP contribution in [0.25, 0.3) is 0 Å². The molecule has 2 fully saturated rings. The van der Waals surface area contributed by atoms with Crippen LogP contribution in [-0.2, 0) is 14.8 Å². The molecule has 2 saturated heterocycles. The van der Waals surface area contributed by atoms with Gasteiger partial charge in [-0.1, -0.05) is 0 Å². The van der Waals surface area contributed by atoms with Gasteiger partial charge >= 0.3 is 0 Å². The summed E-state index contributed by atoms with van der Waals surface area (Å²) < 4.78 is 46.7. The first-order valence-corrected chi connectivity index (χ1v) is 8.29. The molecular weight excluding hydrogens is 281 g/mol. The van der Waals surface area contributed by atoms with Gasteiger partial charge in [-0.2, -0.15) is 0 Å². The Morgan fingerprint density at radius 1 is 1.25 bits per heavy atom. The summed E-state index contributed by atoms with van der Waals surface area (Å²) in [6, 6.07) is 2.33. The minimum Gasteiger partial charge on any atom is -0.373 e. The fourth-order valence-electron chi connectivity index (χ4n) is 3.34. The van der Waals surface area contributed by atoms with E-state index in [1.165, 1.54) is 12.1 Å². The van der Waals surface area contributed by atoms with Gasteiger partial charge in [-0.25, -0.2) is 17.5 Å². The fraction of sp³-hybridized carbons (Fsp3) is 0.571. The third kappa shape index (κ3) is 2.36. The summed E-state index contributed by atoms with van der Waals surface area (Å²) in [7, 11) is -3.64. The maximum atomic E-state index is 13.3. The first kappa shape index (κ1) is 14.0. The largest absolute Gasteiger partial charge is 0.373 e. The van der Waals surface area contributed by atoms with Crippen molar-refractivity contribution in [1.29, 1.82) is 0 Å². The maximum Gasteiger partial charge on any atom is 0.241 e. The van der Waals surface area contributed by atoms with Gasteiger partial charge < -0.3 is 4.74 Å². The first-order valence-electron chi connectivity index (χ1n) is 6.81. The van der Waals surface area contributed by atoms with Crippen molar-refractivity contribution < 1.29 is 17.5 Å². The van der Waals surface area contributed by atoms with Crippen LogP contribution < -0.4 is 4.72 Å². The number of halogens is 1. The van der Waals surface area contributed by atoms with E-state index in [2.05, 4.69) is 4.72 Å². The van der Waals surface area contributed by atoms with Crippen molar-refractivity contribution in [1.82, 2.24) is 4.72 Å². The van der Waals surface area contributed by atoms with Crippen molar-refractivity contribution in [3.8, 4) is 0 Å². The van der Waals surface area contributed by atoms with E-state index in [1.807, 2.05) is 0 Å². The Morgan fingerprint density at radius 2 is 1.90 bits per heavy atom. The summed E-state index contributed by atoms with van der Waals surface area (Å²) in [6.07, 6.45) is 2.80. The van der Waals surface area contributed by atoms with Gasteiger partial charge in [0.1, 0.15) is 5.82 Å². The standard InChI is InChI=1S/C14H18FNO3S/c1-8-5-10(15)6-9(2)14(8)20(17,18)16-12-7-11-3-4-13(12)19-11/h5-6,11-13,16H,3-4,7H2,1-2H3. The molecule has 0 amide bonds. The molecule has 0 aromatic heterocycles. The second-order valence-corrected chi connectivity index (χ2v) is 7.36. The molecular formula is C14H18FNO3S. The molecule has 2 aliphatic heterocycles. The zero-order valence-electron chi connectivity index (χ0n) is 11.5. The molecule has 20 heavy (non-hydrogen) atoms. The van der Waals surface area contributed by atoms with Crippen molar-refractivity contribution in [3.05, 3.63) is 29.1 Å². The number of sulfonamides is 1. The molecule has 3 unspecified atom stereocenters. The molecule has 0 aliphatic carbocycles. The predicted molar refractivity (Wildman–Crippen MR) is 72.5 cm³/mol. The molecule has 110 valence electrons. The van der Waals surface area contributed by atoms with Crippen LogP contribution in [0.5, 0.6) is 0 Å². The van der Waals surface area contributed by atoms with E-state index >= 15 is 0 Å². The lowest BCUT2D eigenvalue weighted by atomic mass is 9.96. The number of aryl methyl sites for hydroxylation is 2. The normalized spacial score (nSPS) is 29.1. The van der Waals surface area contributed by atoms with Crippen molar-refractivity contribution in [2.24, 2.45) is 0 Å².